The van der Waals surface area contributed by atoms with Gasteiger partial charge in [-0.3, -0.25) is 4.79 Å². The van der Waals surface area contributed by atoms with Crippen molar-refractivity contribution in [1.29, 1.82) is 0 Å². The third-order valence-electron chi connectivity index (χ3n) is 5.58. The molecule has 1 aliphatic heterocycles. The molecule has 0 radical (unpaired) electrons. The Morgan fingerprint density at radius 1 is 1.21 bits per heavy atom. The minimum Gasteiger partial charge on any atom is -0.465 e. The lowest BCUT2D eigenvalue weighted by atomic mass is 9.97. The molecule has 1 aliphatic rings. The van der Waals surface area contributed by atoms with Crippen LogP contribution in [0.1, 0.15) is 35.6 Å². The number of hydrogen-bond donors (Lipinski definition) is 1. The quantitative estimate of drug-likeness (QED) is 0.562. The molecule has 0 atom stereocenters. The van der Waals surface area contributed by atoms with Crippen LogP contribution in [-0.2, 0) is 21.4 Å². The lowest BCUT2D eigenvalue weighted by molar-refractivity contribution is -0.126. The Hall–Kier alpha value is -3.24. The monoisotopic (exact) mass is 473 g/mol. The van der Waals surface area contributed by atoms with E-state index in [0.717, 1.165) is 5.56 Å². The molecule has 174 valence electrons. The average molecular weight is 474 g/mol. The van der Waals surface area contributed by atoms with Gasteiger partial charge in [0, 0.05) is 25.6 Å². The van der Waals surface area contributed by atoms with Crippen molar-refractivity contribution in [2.24, 2.45) is 5.92 Å². The van der Waals surface area contributed by atoms with Crippen LogP contribution in [0.3, 0.4) is 0 Å². The Morgan fingerprint density at radius 3 is 2.61 bits per heavy atom. The van der Waals surface area contributed by atoms with Crippen LogP contribution in [0.5, 0.6) is 0 Å². The van der Waals surface area contributed by atoms with Crippen LogP contribution in [-0.4, -0.2) is 36.9 Å². The highest BCUT2D eigenvalue weighted by molar-refractivity contribution is 7.89. The van der Waals surface area contributed by atoms with Gasteiger partial charge in [0.05, 0.1) is 6.26 Å². The van der Waals surface area contributed by atoms with Crippen molar-refractivity contribution < 1.29 is 26.5 Å². The molecular formula is C23H24FN3O5S. The van der Waals surface area contributed by atoms with Crippen molar-refractivity contribution in [3.63, 3.8) is 0 Å². The summed E-state index contributed by atoms with van der Waals surface area (Å²) in [5.41, 5.74) is 1.07. The van der Waals surface area contributed by atoms with Gasteiger partial charge in [-0.15, -0.1) is 0 Å². The number of benzene rings is 1. The number of carbonyl (C=O) groups is 1. The lowest BCUT2D eigenvalue weighted by Gasteiger charge is -2.30. The number of carbonyl (C=O) groups excluding carboxylic acids is 1. The molecule has 0 bridgehead atoms. The van der Waals surface area contributed by atoms with E-state index in [2.05, 4.69) is 10.5 Å². The van der Waals surface area contributed by atoms with E-state index < -0.39 is 10.0 Å². The molecule has 8 nitrogen and oxygen atoms in total. The van der Waals surface area contributed by atoms with Crippen molar-refractivity contribution in [1.82, 2.24) is 14.8 Å². The van der Waals surface area contributed by atoms with E-state index in [1.54, 1.807) is 37.3 Å². The summed E-state index contributed by atoms with van der Waals surface area (Å²) < 4.78 is 51.4. The van der Waals surface area contributed by atoms with Gasteiger partial charge in [-0.25, -0.2) is 12.8 Å². The molecule has 1 aromatic carbocycles. The van der Waals surface area contributed by atoms with Crippen LogP contribution in [0.4, 0.5) is 4.39 Å². The Bertz CT molecular complexity index is 1230. The van der Waals surface area contributed by atoms with E-state index >= 15 is 0 Å². The van der Waals surface area contributed by atoms with E-state index in [-0.39, 0.29) is 47.1 Å². The molecule has 1 N–H and O–H groups in total. The number of aromatic nitrogens is 1. The van der Waals surface area contributed by atoms with Crippen molar-refractivity contribution in [3.8, 4) is 0 Å². The first-order valence-electron chi connectivity index (χ1n) is 10.5. The van der Waals surface area contributed by atoms with Crippen LogP contribution >= 0.6 is 0 Å². The van der Waals surface area contributed by atoms with E-state index in [1.807, 2.05) is 0 Å². The van der Waals surface area contributed by atoms with Gasteiger partial charge >= 0.3 is 0 Å². The summed E-state index contributed by atoms with van der Waals surface area (Å²) >= 11 is 0. The Kier molecular flexibility index (Phi) is 6.75. The number of sulfonamides is 1. The fourth-order valence-electron chi connectivity index (χ4n) is 3.77. The van der Waals surface area contributed by atoms with E-state index in [1.165, 1.54) is 28.8 Å². The predicted octanol–water partition coefficient (Wildman–Crippen LogP) is 3.60. The number of amides is 1. The lowest BCUT2D eigenvalue weighted by Crippen LogP contribution is -2.43. The topological polar surface area (TPSA) is 106 Å². The number of rotatable bonds is 7. The van der Waals surface area contributed by atoms with Crippen LogP contribution < -0.4 is 5.32 Å². The van der Waals surface area contributed by atoms with Crippen molar-refractivity contribution in [2.45, 2.75) is 31.2 Å². The highest BCUT2D eigenvalue weighted by Crippen LogP contribution is 2.29. The third kappa shape index (κ3) is 5.23. The maximum atomic E-state index is 13.3. The Labute approximate surface area is 191 Å². The fraction of sp³-hybridized carbons (Fsp3) is 0.304. The first kappa shape index (κ1) is 22.9. The van der Waals surface area contributed by atoms with Crippen LogP contribution in [0, 0.1) is 18.7 Å². The summed E-state index contributed by atoms with van der Waals surface area (Å²) in [5, 5.41) is 6.67. The number of aryl methyl sites for hydroxylation is 1. The standard InChI is InChI=1S/C23H24FN3O5S/c1-16-22(21(32-26-16)9-8-20-3-2-14-31-20)33(29,30)27-12-10-18(11-13-27)23(28)25-15-17-4-6-19(24)7-5-17/h2-9,14,18H,10-13,15H2,1H3,(H,25,28). The maximum Gasteiger partial charge on any atom is 0.248 e. The SMILES string of the molecule is Cc1noc(C=Cc2ccco2)c1S(=O)(=O)N1CCC(C(=O)NCc2ccc(F)cc2)CC1. The highest BCUT2D eigenvalue weighted by Gasteiger charge is 2.35. The van der Waals surface area contributed by atoms with E-state index in [4.69, 9.17) is 8.94 Å². The summed E-state index contributed by atoms with van der Waals surface area (Å²) in [7, 11) is -3.85. The highest BCUT2D eigenvalue weighted by atomic mass is 32.2. The van der Waals surface area contributed by atoms with Crippen molar-refractivity contribution >= 4 is 28.1 Å². The molecule has 3 heterocycles. The number of piperidine rings is 1. The Balaban J connectivity index is 1.38. The number of nitrogens with one attached hydrogen (secondary N) is 1. The second-order valence-electron chi connectivity index (χ2n) is 7.83. The van der Waals surface area contributed by atoms with Crippen LogP contribution in [0.25, 0.3) is 12.2 Å². The second kappa shape index (κ2) is 9.72. The summed E-state index contributed by atoms with van der Waals surface area (Å²) in [5.74, 6) is -0.0809. The largest absolute Gasteiger partial charge is 0.465 e. The second-order valence-corrected chi connectivity index (χ2v) is 9.71. The molecule has 4 rings (SSSR count). The molecule has 1 fully saturated rings. The fourth-order valence-corrected chi connectivity index (χ4v) is 5.49. The van der Waals surface area contributed by atoms with Gasteiger partial charge in [0.2, 0.25) is 15.9 Å². The van der Waals surface area contributed by atoms with Gasteiger partial charge < -0.3 is 14.3 Å². The smallest absolute Gasteiger partial charge is 0.248 e. The van der Waals surface area contributed by atoms with Crippen LogP contribution in [0.2, 0.25) is 0 Å². The predicted molar refractivity (Wildman–Crippen MR) is 119 cm³/mol. The van der Waals surface area contributed by atoms with Gasteiger partial charge in [0.15, 0.2) is 10.7 Å². The first-order valence-corrected chi connectivity index (χ1v) is 12.0. The van der Waals surface area contributed by atoms with Crippen LogP contribution in [0.15, 0.2) is 56.5 Å². The number of halogens is 1. The molecule has 10 heteroatoms. The normalized spacial score (nSPS) is 15.8. The molecule has 0 saturated carbocycles. The summed E-state index contributed by atoms with van der Waals surface area (Å²) in [4.78, 5) is 12.6. The zero-order valence-corrected chi connectivity index (χ0v) is 18.8. The molecule has 2 aromatic heterocycles. The zero-order chi connectivity index (χ0) is 23.4. The molecular weight excluding hydrogens is 449 g/mol. The minimum atomic E-state index is -3.85. The van der Waals surface area contributed by atoms with Gasteiger partial charge in [-0.1, -0.05) is 17.3 Å². The summed E-state index contributed by atoms with van der Waals surface area (Å²) in [6.45, 7) is 2.30. The molecule has 0 unspecified atom stereocenters. The number of hydrogen-bond acceptors (Lipinski definition) is 6. The average Bonchev–Trinajstić information content (AvgIpc) is 3.47. The molecule has 33 heavy (non-hydrogen) atoms. The van der Waals surface area contributed by atoms with Crippen molar-refractivity contribution in [3.05, 3.63) is 71.3 Å². The molecule has 1 saturated heterocycles. The molecule has 1 amide bonds. The van der Waals surface area contributed by atoms with Gasteiger partial charge in [-0.05, 0) is 61.7 Å². The Morgan fingerprint density at radius 2 is 1.94 bits per heavy atom. The molecule has 0 aliphatic carbocycles. The molecule has 0 spiro atoms. The van der Waals surface area contributed by atoms with Gasteiger partial charge in [0.1, 0.15) is 17.3 Å². The summed E-state index contributed by atoms with van der Waals surface area (Å²) in [6, 6.07) is 9.38. The van der Waals surface area contributed by atoms with Crippen molar-refractivity contribution in [2.75, 3.05) is 13.1 Å². The maximum absolute atomic E-state index is 13.3. The third-order valence-corrected chi connectivity index (χ3v) is 7.64. The van der Waals surface area contributed by atoms with Gasteiger partial charge in [0.25, 0.3) is 0 Å². The number of furan rings is 1. The summed E-state index contributed by atoms with van der Waals surface area (Å²) in [6.07, 6.45) is 5.44. The molecule has 3 aromatic rings. The number of nitrogens with zero attached hydrogens (tertiary/aromatic N) is 2. The van der Waals surface area contributed by atoms with E-state index in [0.29, 0.717) is 25.1 Å². The van der Waals surface area contributed by atoms with E-state index in [9.17, 15) is 17.6 Å². The van der Waals surface area contributed by atoms with Gasteiger partial charge in [-0.2, -0.15) is 4.31 Å². The zero-order valence-electron chi connectivity index (χ0n) is 18.0. The first-order chi connectivity index (χ1) is 15.8. The minimum absolute atomic E-state index is 0.0181.